The first kappa shape index (κ1) is 14.5. The number of ketones is 1. The van der Waals surface area contributed by atoms with E-state index in [9.17, 15) is 9.18 Å². The molecule has 2 aromatic carbocycles. The molecule has 0 saturated carbocycles. The molecule has 4 heteroatoms. The summed E-state index contributed by atoms with van der Waals surface area (Å²) in [5.41, 5.74) is 0.970. The van der Waals surface area contributed by atoms with Gasteiger partial charge in [-0.15, -0.1) is 0 Å². The van der Waals surface area contributed by atoms with Crippen LogP contribution in [0, 0.1) is 5.82 Å². The second kappa shape index (κ2) is 6.53. The van der Waals surface area contributed by atoms with Crippen LogP contribution in [-0.2, 0) is 0 Å². The van der Waals surface area contributed by atoms with Gasteiger partial charge in [-0.05, 0) is 31.2 Å². The van der Waals surface area contributed by atoms with Gasteiger partial charge in [-0.25, -0.2) is 4.39 Å². The predicted molar refractivity (Wildman–Crippen MR) is 80.1 cm³/mol. The summed E-state index contributed by atoms with van der Waals surface area (Å²) in [5.74, 6) is -0.411. The predicted octanol–water partition coefficient (Wildman–Crippen LogP) is 4.19. The Labute approximate surface area is 122 Å². The molecule has 2 rings (SSSR count). The molecule has 0 aromatic heterocycles. The smallest absolute Gasteiger partial charge is 0.182 e. The fourth-order valence-corrected chi connectivity index (χ4v) is 2.19. The highest BCUT2D eigenvalue weighted by Gasteiger charge is 2.14. The van der Waals surface area contributed by atoms with E-state index in [4.69, 9.17) is 11.6 Å². The first-order valence-electron chi connectivity index (χ1n) is 6.40. The van der Waals surface area contributed by atoms with Crippen molar-refractivity contribution >= 4 is 23.1 Å². The number of rotatable bonds is 5. The molecular formula is C16H15ClFNO. The maximum atomic E-state index is 13.8. The van der Waals surface area contributed by atoms with Gasteiger partial charge in [0.05, 0.1) is 12.2 Å². The number of carbonyl (C=O) groups is 1. The van der Waals surface area contributed by atoms with E-state index in [-0.39, 0.29) is 18.1 Å². The Kier molecular flexibility index (Phi) is 4.74. The molecular weight excluding hydrogens is 277 g/mol. The number of anilines is 1. The van der Waals surface area contributed by atoms with Crippen LogP contribution < -0.4 is 4.90 Å². The summed E-state index contributed by atoms with van der Waals surface area (Å²) in [5, 5.41) is 0.518. The molecule has 2 nitrogen and oxygen atoms in total. The van der Waals surface area contributed by atoms with Crippen molar-refractivity contribution in [2.24, 2.45) is 0 Å². The summed E-state index contributed by atoms with van der Waals surface area (Å²) in [6.07, 6.45) is 0. The molecule has 0 unspecified atom stereocenters. The zero-order valence-corrected chi connectivity index (χ0v) is 11.9. The molecule has 0 radical (unpaired) electrons. The highest BCUT2D eigenvalue weighted by Crippen LogP contribution is 2.19. The molecule has 0 aliphatic heterocycles. The summed E-state index contributed by atoms with van der Waals surface area (Å²) in [6.45, 7) is 2.56. The van der Waals surface area contributed by atoms with Crippen molar-refractivity contribution in [1.29, 1.82) is 0 Å². The van der Waals surface area contributed by atoms with Crippen molar-refractivity contribution in [3.63, 3.8) is 0 Å². The molecule has 0 N–H and O–H groups in total. The summed E-state index contributed by atoms with van der Waals surface area (Å²) >= 11 is 5.88. The Hall–Kier alpha value is -1.87. The van der Waals surface area contributed by atoms with Crippen molar-refractivity contribution in [1.82, 2.24) is 0 Å². The highest BCUT2D eigenvalue weighted by molar-refractivity contribution is 6.31. The van der Waals surface area contributed by atoms with Crippen LogP contribution >= 0.6 is 11.6 Å². The van der Waals surface area contributed by atoms with E-state index in [0.717, 1.165) is 0 Å². The fourth-order valence-electron chi connectivity index (χ4n) is 2.00. The summed E-state index contributed by atoms with van der Waals surface area (Å²) in [6, 6.07) is 13.2. The van der Waals surface area contributed by atoms with Crippen LogP contribution in [0.4, 0.5) is 10.1 Å². The third-order valence-electron chi connectivity index (χ3n) is 3.06. The van der Waals surface area contributed by atoms with Crippen LogP contribution in [0.2, 0.25) is 5.02 Å². The molecule has 20 heavy (non-hydrogen) atoms. The van der Waals surface area contributed by atoms with E-state index < -0.39 is 0 Å². The number of nitrogens with zero attached hydrogens (tertiary/aromatic N) is 1. The van der Waals surface area contributed by atoms with Crippen LogP contribution in [0.5, 0.6) is 0 Å². The lowest BCUT2D eigenvalue weighted by Gasteiger charge is -2.22. The zero-order chi connectivity index (χ0) is 14.5. The average molecular weight is 292 g/mol. The van der Waals surface area contributed by atoms with E-state index in [2.05, 4.69) is 0 Å². The maximum Gasteiger partial charge on any atom is 0.182 e. The van der Waals surface area contributed by atoms with Crippen LogP contribution in [0.1, 0.15) is 17.3 Å². The Balaban J connectivity index is 2.19. The second-order valence-corrected chi connectivity index (χ2v) is 4.84. The molecule has 0 aliphatic rings. The average Bonchev–Trinajstić information content (AvgIpc) is 2.45. The number of likely N-dealkylation sites (N-methyl/N-ethyl adjacent to an activating group) is 1. The van der Waals surface area contributed by atoms with Crippen LogP contribution in [-0.4, -0.2) is 18.9 Å². The number of benzene rings is 2. The summed E-state index contributed by atoms with van der Waals surface area (Å²) < 4.78 is 13.8. The van der Waals surface area contributed by atoms with Gasteiger partial charge in [0.15, 0.2) is 5.78 Å². The van der Waals surface area contributed by atoms with E-state index in [1.165, 1.54) is 6.07 Å². The highest BCUT2D eigenvalue weighted by atomic mass is 35.5. The monoisotopic (exact) mass is 291 g/mol. The third-order valence-corrected chi connectivity index (χ3v) is 3.29. The van der Waals surface area contributed by atoms with E-state index >= 15 is 0 Å². The molecule has 0 atom stereocenters. The number of halogens is 2. The normalized spacial score (nSPS) is 10.3. The Morgan fingerprint density at radius 3 is 2.60 bits per heavy atom. The first-order valence-corrected chi connectivity index (χ1v) is 6.78. The molecule has 104 valence electrons. The first-order chi connectivity index (χ1) is 9.61. The Bertz CT molecular complexity index is 615. The van der Waals surface area contributed by atoms with E-state index in [1.807, 2.05) is 6.92 Å². The largest absolute Gasteiger partial charge is 0.362 e. The van der Waals surface area contributed by atoms with Gasteiger partial charge in [0.2, 0.25) is 0 Å². The quantitative estimate of drug-likeness (QED) is 0.770. The van der Waals surface area contributed by atoms with Gasteiger partial charge in [0.1, 0.15) is 5.82 Å². The molecule has 2 aromatic rings. The minimum Gasteiger partial charge on any atom is -0.362 e. The molecule has 0 amide bonds. The van der Waals surface area contributed by atoms with Gasteiger partial charge in [-0.1, -0.05) is 35.9 Å². The number of hydrogen-bond acceptors (Lipinski definition) is 2. The van der Waals surface area contributed by atoms with Crippen molar-refractivity contribution in [2.45, 2.75) is 6.92 Å². The van der Waals surface area contributed by atoms with Crippen molar-refractivity contribution in [2.75, 3.05) is 18.0 Å². The van der Waals surface area contributed by atoms with Crippen molar-refractivity contribution in [3.8, 4) is 0 Å². The van der Waals surface area contributed by atoms with Crippen LogP contribution in [0.25, 0.3) is 0 Å². The van der Waals surface area contributed by atoms with Gasteiger partial charge in [0.25, 0.3) is 0 Å². The lowest BCUT2D eigenvalue weighted by molar-refractivity contribution is 0.0999. The fraction of sp³-hybridized carbons (Fsp3) is 0.188. The summed E-state index contributed by atoms with van der Waals surface area (Å²) in [7, 11) is 0. The van der Waals surface area contributed by atoms with Gasteiger partial charge in [-0.3, -0.25) is 4.79 Å². The van der Waals surface area contributed by atoms with Gasteiger partial charge < -0.3 is 4.90 Å². The Morgan fingerprint density at radius 1 is 1.20 bits per heavy atom. The standard InChI is InChI=1S/C16H15ClFNO/c1-2-19(15-9-4-3-8-14(15)18)11-16(20)12-6-5-7-13(17)10-12/h3-10H,2,11H2,1H3. The van der Waals surface area contributed by atoms with E-state index in [0.29, 0.717) is 22.8 Å². The van der Waals surface area contributed by atoms with Gasteiger partial charge in [0, 0.05) is 17.1 Å². The maximum absolute atomic E-state index is 13.8. The molecule has 0 spiro atoms. The third kappa shape index (κ3) is 3.36. The van der Waals surface area contributed by atoms with Crippen LogP contribution in [0.15, 0.2) is 48.5 Å². The number of Topliss-reactive ketones (excluding diaryl/α,β-unsaturated/α-hetero) is 1. The molecule has 0 saturated heterocycles. The molecule has 0 aliphatic carbocycles. The lowest BCUT2D eigenvalue weighted by Crippen LogP contribution is -2.30. The number of carbonyl (C=O) groups excluding carboxylic acids is 1. The number of para-hydroxylation sites is 1. The minimum atomic E-state index is -0.326. The zero-order valence-electron chi connectivity index (χ0n) is 11.1. The lowest BCUT2D eigenvalue weighted by atomic mass is 10.1. The summed E-state index contributed by atoms with van der Waals surface area (Å²) in [4.78, 5) is 13.9. The van der Waals surface area contributed by atoms with Crippen molar-refractivity contribution in [3.05, 3.63) is 64.9 Å². The molecule has 0 fully saturated rings. The minimum absolute atomic E-state index is 0.0856. The van der Waals surface area contributed by atoms with Gasteiger partial charge >= 0.3 is 0 Å². The Morgan fingerprint density at radius 2 is 1.95 bits per heavy atom. The van der Waals surface area contributed by atoms with Gasteiger partial charge in [-0.2, -0.15) is 0 Å². The van der Waals surface area contributed by atoms with E-state index in [1.54, 1.807) is 47.4 Å². The van der Waals surface area contributed by atoms with Crippen LogP contribution in [0.3, 0.4) is 0 Å². The topological polar surface area (TPSA) is 20.3 Å². The molecule has 0 bridgehead atoms. The van der Waals surface area contributed by atoms with Crippen molar-refractivity contribution < 1.29 is 9.18 Å². The second-order valence-electron chi connectivity index (χ2n) is 4.40. The SMILES string of the molecule is CCN(CC(=O)c1cccc(Cl)c1)c1ccccc1F. The molecule has 0 heterocycles. The number of hydrogen-bond donors (Lipinski definition) is 0.